The maximum atomic E-state index is 3.22. The van der Waals surface area contributed by atoms with Gasteiger partial charge in [-0.25, -0.2) is 0 Å². The minimum Gasteiger partial charge on any atom is -0.323 e. The summed E-state index contributed by atoms with van der Waals surface area (Å²) in [6, 6.07) is 0. The zero-order valence-electron chi connectivity index (χ0n) is 5.03. The molecule has 7 heavy (non-hydrogen) atoms. The van der Waals surface area contributed by atoms with Crippen LogP contribution < -0.4 is 0 Å². The van der Waals surface area contributed by atoms with Crippen molar-refractivity contribution in [2.24, 2.45) is 0 Å². The van der Waals surface area contributed by atoms with Gasteiger partial charge in [0.2, 0.25) is 0 Å². The summed E-state index contributed by atoms with van der Waals surface area (Å²) >= 11 is 1.90. The van der Waals surface area contributed by atoms with Crippen molar-refractivity contribution in [2.45, 2.75) is 20.8 Å². The van der Waals surface area contributed by atoms with Crippen molar-refractivity contribution in [1.82, 2.24) is 0 Å². The second kappa shape index (κ2) is 15.7. The molecule has 0 N–H and O–H groups in total. The fraction of sp³-hybridized carbons (Fsp3) is 0.600. The first-order valence-corrected chi connectivity index (χ1v) is 3.29. The summed E-state index contributed by atoms with van der Waals surface area (Å²) in [6.45, 7) is 6.25. The van der Waals surface area contributed by atoms with E-state index < -0.39 is 0 Å². The molecule has 0 rings (SSSR count). The molecule has 0 aliphatic carbocycles. The van der Waals surface area contributed by atoms with Gasteiger partial charge in [-0.1, -0.05) is 0 Å². The van der Waals surface area contributed by atoms with E-state index in [0.717, 1.165) is 0 Å². The summed E-state index contributed by atoms with van der Waals surface area (Å²) in [5.74, 6) is 1.42. The molecule has 0 aromatic rings. The predicted octanol–water partition coefficient (Wildman–Crippen LogP) is 2.83. The average molecular weight is 249 g/mol. The second-order valence-electron chi connectivity index (χ2n) is 1.50. The normalized spacial score (nSPS) is 6.00. The topological polar surface area (TPSA) is 0 Å². The summed E-state index contributed by atoms with van der Waals surface area (Å²) < 4.78 is 0. The first kappa shape index (κ1) is 15.7. The summed E-state index contributed by atoms with van der Waals surface area (Å²) in [6.07, 6.45) is 0. The summed E-state index contributed by atoms with van der Waals surface area (Å²) in [5.41, 5.74) is 0. The monoisotopic (exact) mass is 249 g/mol. The first-order chi connectivity index (χ1) is 2.73. The Kier molecular flexibility index (Phi) is 35.3. The first-order valence-electron chi connectivity index (χ1n) is 1.77. The Morgan fingerprint density at radius 1 is 1.14 bits per heavy atom. The largest absolute Gasteiger partial charge is 2.00 e. The molecule has 0 spiro atoms. The van der Waals surface area contributed by atoms with E-state index in [2.05, 4.69) is 25.7 Å². The van der Waals surface area contributed by atoms with E-state index in [1.54, 1.807) is 0 Å². The van der Waals surface area contributed by atoms with Gasteiger partial charge in [-0.05, 0) is 0 Å². The summed E-state index contributed by atoms with van der Waals surface area (Å²) in [5, 5.41) is 0. The van der Waals surface area contributed by atoms with E-state index in [4.69, 9.17) is 0 Å². The van der Waals surface area contributed by atoms with Crippen LogP contribution in [0, 0.1) is 10.8 Å². The standard InChI is InChI=1S/C4H9.CH2I.V/c1-4(2)3;1-2;/h1-3H3;1H2;/q2*-1;+2. The van der Waals surface area contributed by atoms with Gasteiger partial charge in [0.15, 0.2) is 0 Å². The Morgan fingerprint density at radius 3 is 1.14 bits per heavy atom. The third-order valence-corrected chi connectivity index (χ3v) is 0. The molecule has 0 aliphatic rings. The van der Waals surface area contributed by atoms with Crippen molar-refractivity contribution >= 4 is 22.6 Å². The van der Waals surface area contributed by atoms with E-state index in [-0.39, 0.29) is 18.6 Å². The number of hydrogen-bond acceptors (Lipinski definition) is 0. The zero-order valence-corrected chi connectivity index (χ0v) is 8.59. The van der Waals surface area contributed by atoms with Gasteiger partial charge in [-0.3, -0.25) is 4.93 Å². The molecule has 0 atom stereocenters. The van der Waals surface area contributed by atoms with E-state index in [0.29, 0.717) is 0 Å². The second-order valence-corrected chi connectivity index (χ2v) is 1.50. The van der Waals surface area contributed by atoms with Crippen LogP contribution in [0.1, 0.15) is 20.8 Å². The Balaban J connectivity index is -0.0000000480. The van der Waals surface area contributed by atoms with Gasteiger partial charge in [-0.2, -0.15) is 20.8 Å². The smallest absolute Gasteiger partial charge is 0.323 e. The quantitative estimate of drug-likeness (QED) is 0.457. The maximum absolute atomic E-state index is 3.22. The van der Waals surface area contributed by atoms with Crippen LogP contribution in [0.5, 0.6) is 0 Å². The van der Waals surface area contributed by atoms with Crippen LogP contribution in [0.15, 0.2) is 0 Å². The minimum atomic E-state index is 0. The van der Waals surface area contributed by atoms with E-state index in [1.165, 1.54) is 5.92 Å². The van der Waals surface area contributed by atoms with Gasteiger partial charge in [0.05, 0.1) is 0 Å². The number of hydrogen-bond donors (Lipinski definition) is 0. The Labute approximate surface area is 72.5 Å². The number of halogens is 1. The van der Waals surface area contributed by atoms with Crippen LogP contribution in [0.4, 0.5) is 0 Å². The van der Waals surface area contributed by atoms with Crippen LogP contribution in [-0.2, 0) is 18.6 Å². The molecule has 0 saturated heterocycles. The van der Waals surface area contributed by atoms with E-state index >= 15 is 0 Å². The zero-order chi connectivity index (χ0) is 5.58. The molecule has 0 saturated carbocycles. The Hall–Kier alpha value is 1.31. The van der Waals surface area contributed by atoms with Crippen LogP contribution in [0.25, 0.3) is 0 Å². The van der Waals surface area contributed by atoms with Crippen LogP contribution in [-0.4, -0.2) is 0 Å². The average Bonchev–Trinajstić information content (AvgIpc) is 1.41. The molecule has 0 fully saturated rings. The molecule has 0 heterocycles. The van der Waals surface area contributed by atoms with Gasteiger partial charge in [0.1, 0.15) is 0 Å². The fourth-order valence-electron chi connectivity index (χ4n) is 0. The predicted molar refractivity (Wildman–Crippen MR) is 39.6 cm³/mol. The van der Waals surface area contributed by atoms with Crippen molar-refractivity contribution < 1.29 is 18.6 Å². The van der Waals surface area contributed by atoms with Crippen LogP contribution in [0.3, 0.4) is 0 Å². The van der Waals surface area contributed by atoms with Gasteiger partial charge in [0, 0.05) is 0 Å². The molecular formula is C5H11IV. The van der Waals surface area contributed by atoms with Crippen LogP contribution >= 0.6 is 22.6 Å². The summed E-state index contributed by atoms with van der Waals surface area (Å²) in [4.78, 5) is 3.22. The molecule has 0 aromatic carbocycles. The van der Waals surface area contributed by atoms with Gasteiger partial charge in [-0.15, -0.1) is 0 Å². The van der Waals surface area contributed by atoms with Crippen molar-refractivity contribution in [3.05, 3.63) is 10.8 Å². The van der Waals surface area contributed by atoms with Crippen LogP contribution in [0.2, 0.25) is 0 Å². The molecule has 2 heteroatoms. The molecule has 1 radical (unpaired) electrons. The Morgan fingerprint density at radius 2 is 1.14 bits per heavy atom. The Bertz CT molecular complexity index is 12.8. The number of rotatable bonds is 0. The van der Waals surface area contributed by atoms with Gasteiger partial charge < -0.3 is 28.5 Å². The minimum absolute atomic E-state index is 0. The molecule has 0 amide bonds. The molecule has 0 aromatic heterocycles. The third kappa shape index (κ3) is 120. The fourth-order valence-corrected chi connectivity index (χ4v) is 0. The van der Waals surface area contributed by atoms with E-state index in [1.807, 2.05) is 22.6 Å². The van der Waals surface area contributed by atoms with Crippen molar-refractivity contribution in [3.63, 3.8) is 0 Å². The molecule has 0 bridgehead atoms. The molecule has 43 valence electrons. The molecular weight excluding hydrogens is 238 g/mol. The van der Waals surface area contributed by atoms with Gasteiger partial charge in [0.25, 0.3) is 0 Å². The molecule has 0 unspecified atom stereocenters. The van der Waals surface area contributed by atoms with Crippen molar-refractivity contribution in [3.8, 4) is 0 Å². The molecule has 0 aliphatic heterocycles. The maximum Gasteiger partial charge on any atom is 2.00 e. The van der Waals surface area contributed by atoms with Crippen molar-refractivity contribution in [1.29, 1.82) is 0 Å². The van der Waals surface area contributed by atoms with E-state index in [9.17, 15) is 0 Å². The summed E-state index contributed by atoms with van der Waals surface area (Å²) in [7, 11) is 0. The SMILES string of the molecule is C[C-](C)C.[CH2-]I.[V+2]. The van der Waals surface area contributed by atoms with Gasteiger partial charge >= 0.3 is 18.6 Å². The third-order valence-electron chi connectivity index (χ3n) is 0. The molecule has 0 nitrogen and oxygen atoms in total. The van der Waals surface area contributed by atoms with Crippen molar-refractivity contribution in [2.75, 3.05) is 0 Å².